The first-order chi connectivity index (χ1) is 8.01. The van der Waals surface area contributed by atoms with E-state index in [2.05, 4.69) is 26.8 Å². The number of hydrogen-bond acceptors (Lipinski definition) is 2. The van der Waals surface area contributed by atoms with Crippen molar-refractivity contribution >= 4 is 5.78 Å². The van der Waals surface area contributed by atoms with Crippen LogP contribution in [0.1, 0.15) is 30.7 Å². The van der Waals surface area contributed by atoms with Gasteiger partial charge in [0.1, 0.15) is 5.76 Å². The average molecular weight is 230 g/mol. The highest BCUT2D eigenvalue weighted by Gasteiger charge is 2.45. The molecule has 1 heterocycles. The van der Waals surface area contributed by atoms with Crippen molar-refractivity contribution in [3.63, 3.8) is 0 Å². The van der Waals surface area contributed by atoms with Crippen molar-refractivity contribution in [2.24, 2.45) is 17.3 Å². The summed E-state index contributed by atoms with van der Waals surface area (Å²) in [6.07, 6.45) is 7.62. The Morgan fingerprint density at radius 1 is 1.47 bits per heavy atom. The molecule has 1 aromatic heterocycles. The zero-order valence-corrected chi connectivity index (χ0v) is 10.6. The van der Waals surface area contributed by atoms with Crippen molar-refractivity contribution in [1.29, 1.82) is 0 Å². The second-order valence-electron chi connectivity index (χ2n) is 5.84. The van der Waals surface area contributed by atoms with Gasteiger partial charge in [-0.15, -0.1) is 0 Å². The number of allylic oxidation sites excluding steroid dienone is 2. The molecule has 0 radical (unpaired) electrons. The number of hydrogen-bond donors (Lipinski definition) is 0. The largest absolute Gasteiger partial charge is 0.469 e. The molecule has 0 aromatic carbocycles. The Balaban J connectivity index is 2.08. The molecule has 0 fully saturated rings. The van der Waals surface area contributed by atoms with Gasteiger partial charge >= 0.3 is 0 Å². The zero-order chi connectivity index (χ0) is 12.2. The molecule has 3 rings (SSSR count). The molecular formula is C15H18O2. The number of carbonyl (C=O) groups excluding carboxylic acids is 1. The molecule has 0 saturated carbocycles. The summed E-state index contributed by atoms with van der Waals surface area (Å²) in [5, 5.41) is 0. The predicted octanol–water partition coefficient (Wildman–Crippen LogP) is 3.08. The Labute approximate surface area is 102 Å². The quantitative estimate of drug-likeness (QED) is 0.685. The van der Waals surface area contributed by atoms with Crippen molar-refractivity contribution in [2.45, 2.75) is 33.6 Å². The summed E-state index contributed by atoms with van der Waals surface area (Å²) in [6, 6.07) is 0. The van der Waals surface area contributed by atoms with Gasteiger partial charge < -0.3 is 4.42 Å². The molecule has 0 aliphatic heterocycles. The molecule has 0 N–H and O–H groups in total. The van der Waals surface area contributed by atoms with E-state index >= 15 is 0 Å². The van der Waals surface area contributed by atoms with Gasteiger partial charge in [0, 0.05) is 12.3 Å². The molecule has 90 valence electrons. The molecule has 2 heteroatoms. The summed E-state index contributed by atoms with van der Waals surface area (Å²) in [7, 11) is 0. The lowest BCUT2D eigenvalue weighted by atomic mass is 9.59. The summed E-state index contributed by atoms with van der Waals surface area (Å²) < 4.78 is 5.64. The van der Waals surface area contributed by atoms with E-state index in [1.54, 1.807) is 6.08 Å². The first-order valence-corrected chi connectivity index (χ1v) is 6.30. The Morgan fingerprint density at radius 3 is 3.00 bits per heavy atom. The molecular weight excluding hydrogens is 212 g/mol. The van der Waals surface area contributed by atoms with Gasteiger partial charge in [-0.3, -0.25) is 4.79 Å². The Kier molecular flexibility index (Phi) is 2.13. The van der Waals surface area contributed by atoms with Crippen LogP contribution in [0.25, 0.3) is 0 Å². The van der Waals surface area contributed by atoms with Crippen molar-refractivity contribution in [3.05, 3.63) is 35.3 Å². The van der Waals surface area contributed by atoms with Gasteiger partial charge in [-0.25, -0.2) is 0 Å². The van der Waals surface area contributed by atoms with E-state index in [0.29, 0.717) is 5.92 Å². The predicted molar refractivity (Wildman–Crippen MR) is 65.8 cm³/mol. The van der Waals surface area contributed by atoms with Crippen LogP contribution in [-0.4, -0.2) is 5.78 Å². The topological polar surface area (TPSA) is 30.2 Å². The van der Waals surface area contributed by atoms with Crippen molar-refractivity contribution in [3.8, 4) is 0 Å². The lowest BCUT2D eigenvalue weighted by Gasteiger charge is -2.43. The van der Waals surface area contributed by atoms with Gasteiger partial charge in [-0.1, -0.05) is 19.9 Å². The second-order valence-corrected chi connectivity index (χ2v) is 5.84. The average Bonchev–Trinajstić information content (AvgIpc) is 2.64. The Bertz CT molecular complexity index is 509. The minimum Gasteiger partial charge on any atom is -0.469 e. The van der Waals surface area contributed by atoms with Crippen LogP contribution in [0.4, 0.5) is 0 Å². The molecule has 0 spiro atoms. The van der Waals surface area contributed by atoms with Crippen molar-refractivity contribution in [1.82, 2.24) is 0 Å². The number of ketones is 1. The zero-order valence-electron chi connectivity index (χ0n) is 10.6. The van der Waals surface area contributed by atoms with Crippen LogP contribution < -0.4 is 0 Å². The van der Waals surface area contributed by atoms with E-state index in [1.807, 2.05) is 6.26 Å². The van der Waals surface area contributed by atoms with Crippen LogP contribution in [-0.2, 0) is 17.6 Å². The first-order valence-electron chi connectivity index (χ1n) is 6.30. The lowest BCUT2D eigenvalue weighted by Crippen LogP contribution is -2.42. The molecule has 17 heavy (non-hydrogen) atoms. The molecule has 1 aromatic rings. The third kappa shape index (κ3) is 1.43. The van der Waals surface area contributed by atoms with E-state index in [4.69, 9.17) is 4.42 Å². The minimum atomic E-state index is 0.0879. The third-order valence-corrected chi connectivity index (χ3v) is 4.68. The maximum Gasteiger partial charge on any atom is 0.158 e. The Morgan fingerprint density at radius 2 is 2.24 bits per heavy atom. The van der Waals surface area contributed by atoms with E-state index < -0.39 is 0 Å². The first kappa shape index (κ1) is 10.8. The summed E-state index contributed by atoms with van der Waals surface area (Å²) in [5.41, 5.74) is 2.66. The molecule has 2 aliphatic carbocycles. The second kappa shape index (κ2) is 3.34. The summed E-state index contributed by atoms with van der Waals surface area (Å²) in [5.74, 6) is 1.95. The molecule has 0 amide bonds. The SMILES string of the molecule is Cc1coc2c1C[C@H]1[C@H](C)C(=O)C=C[C@@]1(C)C2. The normalized spacial score (nSPS) is 35.6. The highest BCUT2D eigenvalue weighted by Crippen LogP contribution is 2.48. The smallest absolute Gasteiger partial charge is 0.158 e. The fourth-order valence-electron chi connectivity index (χ4n) is 3.43. The monoisotopic (exact) mass is 230 g/mol. The van der Waals surface area contributed by atoms with Gasteiger partial charge in [0.05, 0.1) is 6.26 Å². The maximum atomic E-state index is 11.8. The summed E-state index contributed by atoms with van der Waals surface area (Å²) in [6.45, 7) is 6.41. The Hall–Kier alpha value is -1.31. The van der Waals surface area contributed by atoms with Crippen LogP contribution in [0, 0.1) is 24.2 Å². The van der Waals surface area contributed by atoms with Crippen LogP contribution in [0.15, 0.2) is 22.8 Å². The number of furan rings is 1. The number of carbonyl (C=O) groups is 1. The molecule has 0 bridgehead atoms. The van der Waals surface area contributed by atoms with Crippen molar-refractivity contribution in [2.75, 3.05) is 0 Å². The van der Waals surface area contributed by atoms with E-state index in [-0.39, 0.29) is 17.1 Å². The highest BCUT2D eigenvalue weighted by atomic mass is 16.3. The highest BCUT2D eigenvalue weighted by molar-refractivity contribution is 5.93. The van der Waals surface area contributed by atoms with Gasteiger partial charge in [0.15, 0.2) is 5.78 Å². The van der Waals surface area contributed by atoms with Crippen LogP contribution in [0.5, 0.6) is 0 Å². The molecule has 2 aliphatic rings. The van der Waals surface area contributed by atoms with Crippen LogP contribution in [0.2, 0.25) is 0 Å². The van der Waals surface area contributed by atoms with Gasteiger partial charge in [-0.05, 0) is 41.9 Å². The van der Waals surface area contributed by atoms with Crippen LogP contribution in [0.3, 0.4) is 0 Å². The summed E-state index contributed by atoms with van der Waals surface area (Å²) in [4.78, 5) is 11.8. The van der Waals surface area contributed by atoms with E-state index in [0.717, 1.165) is 18.6 Å². The fraction of sp³-hybridized carbons (Fsp3) is 0.533. The number of rotatable bonds is 0. The van der Waals surface area contributed by atoms with E-state index in [9.17, 15) is 4.79 Å². The van der Waals surface area contributed by atoms with Gasteiger partial charge in [0.25, 0.3) is 0 Å². The maximum absolute atomic E-state index is 11.8. The van der Waals surface area contributed by atoms with Crippen molar-refractivity contribution < 1.29 is 9.21 Å². The number of fused-ring (bicyclic) bond motifs is 2. The standard InChI is InChI=1S/C15H18O2/c1-9-8-17-14-7-15(3)5-4-13(16)10(2)12(15)6-11(9)14/h4-5,8,10,12H,6-7H2,1-3H3/t10-,12-,15-/m0/s1. The van der Waals surface area contributed by atoms with Gasteiger partial charge in [-0.2, -0.15) is 0 Å². The third-order valence-electron chi connectivity index (χ3n) is 4.68. The van der Waals surface area contributed by atoms with Crippen LogP contribution >= 0.6 is 0 Å². The fourth-order valence-corrected chi connectivity index (χ4v) is 3.43. The van der Waals surface area contributed by atoms with E-state index in [1.165, 1.54) is 11.1 Å². The molecule has 0 saturated heterocycles. The number of aryl methyl sites for hydroxylation is 1. The molecule has 2 nitrogen and oxygen atoms in total. The minimum absolute atomic E-state index is 0.0879. The van der Waals surface area contributed by atoms with Gasteiger partial charge in [0.2, 0.25) is 0 Å². The molecule has 3 atom stereocenters. The summed E-state index contributed by atoms with van der Waals surface area (Å²) >= 11 is 0. The molecule has 0 unspecified atom stereocenters. The lowest BCUT2D eigenvalue weighted by molar-refractivity contribution is -0.121.